The molecule has 1 aliphatic rings. The molecular formula is C18H23N3O3. The van der Waals surface area contributed by atoms with E-state index in [0.29, 0.717) is 19.3 Å². The lowest BCUT2D eigenvalue weighted by atomic mass is 10.0. The Morgan fingerprint density at radius 2 is 1.92 bits per heavy atom. The van der Waals surface area contributed by atoms with Gasteiger partial charge in [-0.05, 0) is 23.5 Å². The highest BCUT2D eigenvalue weighted by molar-refractivity contribution is 5.85. The molecule has 0 bridgehead atoms. The summed E-state index contributed by atoms with van der Waals surface area (Å²) in [6.45, 7) is 3.85. The van der Waals surface area contributed by atoms with Crippen LogP contribution in [0.3, 0.4) is 0 Å². The van der Waals surface area contributed by atoms with Gasteiger partial charge in [-0.1, -0.05) is 38.1 Å². The molecular weight excluding hydrogens is 306 g/mol. The first kappa shape index (κ1) is 17.8. The fourth-order valence-electron chi connectivity index (χ4n) is 2.88. The van der Waals surface area contributed by atoms with E-state index in [1.165, 1.54) is 11.1 Å². The van der Waals surface area contributed by atoms with Crippen LogP contribution < -0.4 is 10.6 Å². The van der Waals surface area contributed by atoms with E-state index < -0.39 is 12.1 Å². The molecule has 1 aromatic carbocycles. The van der Waals surface area contributed by atoms with Gasteiger partial charge >= 0.3 is 6.09 Å². The fraction of sp³-hybridized carbons (Fsp3) is 0.500. The number of hydrogen-bond donors (Lipinski definition) is 2. The maximum atomic E-state index is 12.1. The Hall–Kier alpha value is -2.55. The zero-order chi connectivity index (χ0) is 17.5. The van der Waals surface area contributed by atoms with Crippen molar-refractivity contribution in [2.24, 2.45) is 5.92 Å². The summed E-state index contributed by atoms with van der Waals surface area (Å²) in [7, 11) is 0. The van der Waals surface area contributed by atoms with E-state index in [-0.39, 0.29) is 24.5 Å². The number of nitrogens with zero attached hydrogens (tertiary/aromatic N) is 1. The van der Waals surface area contributed by atoms with E-state index in [1.54, 1.807) is 0 Å². The van der Waals surface area contributed by atoms with Crippen molar-refractivity contribution >= 4 is 12.0 Å². The normalized spacial score (nSPS) is 14.6. The topological polar surface area (TPSA) is 91.2 Å². The molecule has 0 saturated carbocycles. The van der Waals surface area contributed by atoms with Crippen molar-refractivity contribution in [2.45, 2.75) is 45.3 Å². The van der Waals surface area contributed by atoms with Gasteiger partial charge in [0.25, 0.3) is 0 Å². The lowest BCUT2D eigenvalue weighted by Crippen LogP contribution is -2.48. The van der Waals surface area contributed by atoms with E-state index in [2.05, 4.69) is 10.6 Å². The molecule has 2 rings (SSSR count). The highest BCUT2D eigenvalue weighted by Crippen LogP contribution is 2.23. The number of hydrogen-bond acceptors (Lipinski definition) is 4. The van der Waals surface area contributed by atoms with Crippen molar-refractivity contribution in [3.05, 3.63) is 35.4 Å². The zero-order valence-corrected chi connectivity index (χ0v) is 14.0. The van der Waals surface area contributed by atoms with Crippen molar-refractivity contribution in [3.8, 4) is 6.07 Å². The monoisotopic (exact) mass is 329 g/mol. The largest absolute Gasteiger partial charge is 0.446 e. The molecule has 6 nitrogen and oxygen atoms in total. The van der Waals surface area contributed by atoms with Gasteiger partial charge in [0.1, 0.15) is 18.7 Å². The lowest BCUT2D eigenvalue weighted by Gasteiger charge is -2.20. The minimum Gasteiger partial charge on any atom is -0.446 e. The van der Waals surface area contributed by atoms with Crippen LogP contribution in [0.2, 0.25) is 0 Å². The van der Waals surface area contributed by atoms with Gasteiger partial charge < -0.3 is 15.4 Å². The SMILES string of the molecule is CC(C)C[C@H](NC(=O)OC1Cc2ccccc2C1)C(=O)NCC#N. The molecule has 2 amide bonds. The van der Waals surface area contributed by atoms with Gasteiger partial charge in [-0.15, -0.1) is 0 Å². The van der Waals surface area contributed by atoms with Crippen molar-refractivity contribution in [2.75, 3.05) is 6.54 Å². The lowest BCUT2D eigenvalue weighted by molar-refractivity contribution is -0.123. The second-order valence-electron chi connectivity index (χ2n) is 6.41. The average Bonchev–Trinajstić information content (AvgIpc) is 2.93. The van der Waals surface area contributed by atoms with E-state index in [9.17, 15) is 9.59 Å². The van der Waals surface area contributed by atoms with Crippen molar-refractivity contribution in [3.63, 3.8) is 0 Å². The highest BCUT2D eigenvalue weighted by Gasteiger charge is 2.27. The fourth-order valence-corrected chi connectivity index (χ4v) is 2.88. The van der Waals surface area contributed by atoms with Crippen LogP contribution in [0, 0.1) is 17.2 Å². The van der Waals surface area contributed by atoms with E-state index in [4.69, 9.17) is 10.00 Å². The number of rotatable bonds is 6. The summed E-state index contributed by atoms with van der Waals surface area (Å²) in [5, 5.41) is 13.7. The molecule has 1 aromatic rings. The number of nitrogens with one attached hydrogen (secondary N) is 2. The van der Waals surface area contributed by atoms with Crippen LogP contribution in [0.4, 0.5) is 4.79 Å². The van der Waals surface area contributed by atoms with Gasteiger partial charge in [-0.25, -0.2) is 4.79 Å². The molecule has 1 aliphatic carbocycles. The van der Waals surface area contributed by atoms with Crippen LogP contribution in [0.25, 0.3) is 0 Å². The van der Waals surface area contributed by atoms with Crippen LogP contribution in [0.5, 0.6) is 0 Å². The minimum absolute atomic E-state index is 0.0813. The summed E-state index contributed by atoms with van der Waals surface area (Å²) in [5.41, 5.74) is 2.39. The predicted octanol–water partition coefficient (Wildman–Crippen LogP) is 1.93. The van der Waals surface area contributed by atoms with Gasteiger partial charge in [0, 0.05) is 12.8 Å². The smallest absolute Gasteiger partial charge is 0.408 e. The Morgan fingerprint density at radius 1 is 1.29 bits per heavy atom. The van der Waals surface area contributed by atoms with Crippen LogP contribution in [0.1, 0.15) is 31.4 Å². The number of fused-ring (bicyclic) bond motifs is 1. The summed E-state index contributed by atoms with van der Waals surface area (Å²) in [5.74, 6) is -0.143. The number of carbonyl (C=O) groups excluding carboxylic acids is 2. The molecule has 0 aliphatic heterocycles. The first-order chi connectivity index (χ1) is 11.5. The molecule has 0 unspecified atom stereocenters. The second-order valence-corrected chi connectivity index (χ2v) is 6.41. The zero-order valence-electron chi connectivity index (χ0n) is 14.0. The summed E-state index contributed by atoms with van der Waals surface area (Å²) in [6.07, 6.45) is 1.07. The first-order valence-electron chi connectivity index (χ1n) is 8.18. The molecule has 0 fully saturated rings. The third kappa shape index (κ3) is 4.98. The molecule has 1 atom stereocenters. The molecule has 0 saturated heterocycles. The Kier molecular flexibility index (Phi) is 6.19. The number of alkyl carbamates (subject to hydrolysis) is 1. The number of amides is 2. The third-order valence-corrected chi connectivity index (χ3v) is 3.94. The maximum absolute atomic E-state index is 12.1. The number of benzene rings is 1. The van der Waals surface area contributed by atoms with Crippen molar-refractivity contribution < 1.29 is 14.3 Å². The average molecular weight is 329 g/mol. The standard InChI is InChI=1S/C18H23N3O3/c1-12(2)9-16(17(22)20-8-7-19)21-18(23)24-15-10-13-5-3-4-6-14(13)11-15/h3-6,12,15-16H,8-11H2,1-2H3,(H,20,22)(H,21,23)/t16-/m0/s1. The Balaban J connectivity index is 1.89. The number of nitriles is 1. The summed E-state index contributed by atoms with van der Waals surface area (Å²) < 4.78 is 5.47. The van der Waals surface area contributed by atoms with E-state index in [1.807, 2.05) is 44.2 Å². The van der Waals surface area contributed by atoms with Crippen LogP contribution in [-0.2, 0) is 22.4 Å². The predicted molar refractivity (Wildman–Crippen MR) is 89.1 cm³/mol. The van der Waals surface area contributed by atoms with Crippen LogP contribution in [0.15, 0.2) is 24.3 Å². The summed E-state index contributed by atoms with van der Waals surface area (Å²) in [6, 6.07) is 9.17. The van der Waals surface area contributed by atoms with Gasteiger partial charge in [-0.2, -0.15) is 5.26 Å². The van der Waals surface area contributed by atoms with E-state index >= 15 is 0 Å². The Bertz CT molecular complexity index is 612. The molecule has 0 spiro atoms. The quantitative estimate of drug-likeness (QED) is 0.780. The van der Waals surface area contributed by atoms with Gasteiger partial charge in [0.15, 0.2) is 0 Å². The van der Waals surface area contributed by atoms with Crippen LogP contribution in [-0.4, -0.2) is 30.7 Å². The van der Waals surface area contributed by atoms with Crippen molar-refractivity contribution in [1.29, 1.82) is 5.26 Å². The highest BCUT2D eigenvalue weighted by atomic mass is 16.6. The molecule has 0 heterocycles. The van der Waals surface area contributed by atoms with Gasteiger partial charge in [0.2, 0.25) is 5.91 Å². The van der Waals surface area contributed by atoms with E-state index in [0.717, 1.165) is 0 Å². The first-order valence-corrected chi connectivity index (χ1v) is 8.18. The van der Waals surface area contributed by atoms with Crippen molar-refractivity contribution in [1.82, 2.24) is 10.6 Å². The molecule has 2 N–H and O–H groups in total. The van der Waals surface area contributed by atoms with Crippen LogP contribution >= 0.6 is 0 Å². The Morgan fingerprint density at radius 3 is 2.46 bits per heavy atom. The molecule has 0 radical (unpaired) electrons. The molecule has 0 aromatic heterocycles. The number of carbonyl (C=O) groups is 2. The molecule has 24 heavy (non-hydrogen) atoms. The summed E-state index contributed by atoms with van der Waals surface area (Å²) in [4.78, 5) is 24.2. The molecule has 6 heteroatoms. The number of ether oxygens (including phenoxy) is 1. The Labute approximate surface area is 142 Å². The molecule has 128 valence electrons. The summed E-state index contributed by atoms with van der Waals surface area (Å²) >= 11 is 0. The maximum Gasteiger partial charge on any atom is 0.408 e. The minimum atomic E-state index is -0.699. The van der Waals surface area contributed by atoms with Gasteiger partial charge in [-0.3, -0.25) is 4.79 Å². The van der Waals surface area contributed by atoms with Gasteiger partial charge in [0.05, 0.1) is 6.07 Å². The third-order valence-electron chi connectivity index (χ3n) is 3.94. The second kappa shape index (κ2) is 8.34.